The van der Waals surface area contributed by atoms with Gasteiger partial charge in [-0.2, -0.15) is 5.10 Å². The van der Waals surface area contributed by atoms with Crippen LogP contribution in [0.2, 0.25) is 0 Å². The first-order valence-corrected chi connectivity index (χ1v) is 6.99. The van der Waals surface area contributed by atoms with Crippen LogP contribution >= 0.6 is 0 Å². The van der Waals surface area contributed by atoms with Gasteiger partial charge in [-0.05, 0) is 24.8 Å². The number of hydrogen-bond donors (Lipinski definition) is 1. The van der Waals surface area contributed by atoms with Crippen molar-refractivity contribution in [1.29, 1.82) is 0 Å². The number of nitrogens with zero attached hydrogens (tertiary/aromatic N) is 2. The molecule has 1 aromatic heterocycles. The van der Waals surface area contributed by atoms with Gasteiger partial charge >= 0.3 is 0 Å². The van der Waals surface area contributed by atoms with Gasteiger partial charge in [-0.15, -0.1) is 0 Å². The van der Waals surface area contributed by atoms with Crippen molar-refractivity contribution < 1.29 is 0 Å². The van der Waals surface area contributed by atoms with Crippen molar-refractivity contribution in [1.82, 2.24) is 9.78 Å². The lowest BCUT2D eigenvalue weighted by atomic mass is 9.84. The maximum absolute atomic E-state index is 6.33. The molecule has 3 nitrogen and oxygen atoms in total. The highest BCUT2D eigenvalue weighted by Crippen LogP contribution is 2.30. The maximum Gasteiger partial charge on any atom is 0.0625 e. The summed E-state index contributed by atoms with van der Waals surface area (Å²) in [6.07, 6.45) is 9.05. The summed E-state index contributed by atoms with van der Waals surface area (Å²) in [6.45, 7) is 2.14. The minimum absolute atomic E-state index is 0.163. The van der Waals surface area contributed by atoms with E-state index in [1.165, 1.54) is 37.8 Å². The highest BCUT2D eigenvalue weighted by atomic mass is 15.3. The van der Waals surface area contributed by atoms with E-state index in [0.29, 0.717) is 0 Å². The first kappa shape index (κ1) is 12.6. The molecule has 0 bridgehead atoms. The van der Waals surface area contributed by atoms with E-state index >= 15 is 0 Å². The fourth-order valence-electron chi connectivity index (χ4n) is 2.97. The Kier molecular flexibility index (Phi) is 4.21. The summed E-state index contributed by atoms with van der Waals surface area (Å²) >= 11 is 0. The van der Waals surface area contributed by atoms with Gasteiger partial charge in [0.2, 0.25) is 0 Å². The molecule has 0 saturated heterocycles. The lowest BCUT2D eigenvalue weighted by Crippen LogP contribution is -2.19. The number of aryl methyl sites for hydroxylation is 2. The molecule has 0 spiro atoms. The molecule has 1 saturated carbocycles. The predicted molar refractivity (Wildman–Crippen MR) is 70.7 cm³/mol. The smallest absolute Gasteiger partial charge is 0.0625 e. The predicted octanol–water partition coefficient (Wildman–Crippen LogP) is 2.95. The van der Waals surface area contributed by atoms with E-state index in [4.69, 9.17) is 5.73 Å². The first-order valence-electron chi connectivity index (χ1n) is 6.99. The highest BCUT2D eigenvalue weighted by molar-refractivity contribution is 5.13. The van der Waals surface area contributed by atoms with Gasteiger partial charge in [-0.3, -0.25) is 4.68 Å². The topological polar surface area (TPSA) is 43.8 Å². The fraction of sp³-hybridized carbons (Fsp3) is 0.786. The second-order valence-electron chi connectivity index (χ2n) is 5.38. The maximum atomic E-state index is 6.33. The fourth-order valence-corrected chi connectivity index (χ4v) is 2.97. The van der Waals surface area contributed by atoms with Gasteiger partial charge in [-0.25, -0.2) is 0 Å². The Morgan fingerprint density at radius 3 is 2.71 bits per heavy atom. The Morgan fingerprint density at radius 2 is 2.12 bits per heavy atom. The molecule has 17 heavy (non-hydrogen) atoms. The van der Waals surface area contributed by atoms with Crippen LogP contribution < -0.4 is 5.73 Å². The van der Waals surface area contributed by atoms with Gasteiger partial charge in [-0.1, -0.05) is 39.0 Å². The minimum atomic E-state index is 0.163. The normalized spacial score (nSPS) is 19.5. The van der Waals surface area contributed by atoms with Crippen molar-refractivity contribution in [3.63, 3.8) is 0 Å². The molecular formula is C14H25N3. The van der Waals surface area contributed by atoms with E-state index in [2.05, 4.69) is 18.1 Å². The second-order valence-corrected chi connectivity index (χ2v) is 5.38. The summed E-state index contributed by atoms with van der Waals surface area (Å²) in [7, 11) is 2.01. The summed E-state index contributed by atoms with van der Waals surface area (Å²) in [5.41, 5.74) is 8.69. The van der Waals surface area contributed by atoms with Gasteiger partial charge in [0, 0.05) is 13.1 Å². The first-order chi connectivity index (χ1) is 8.20. The van der Waals surface area contributed by atoms with Crippen LogP contribution in [0.25, 0.3) is 0 Å². The quantitative estimate of drug-likeness (QED) is 0.872. The number of rotatable bonds is 4. The largest absolute Gasteiger partial charge is 0.323 e. The van der Waals surface area contributed by atoms with Crippen molar-refractivity contribution in [3.05, 3.63) is 17.5 Å². The molecule has 1 aliphatic carbocycles. The lowest BCUT2D eigenvalue weighted by Gasteiger charge is -2.24. The highest BCUT2D eigenvalue weighted by Gasteiger charge is 2.19. The monoisotopic (exact) mass is 235 g/mol. The molecule has 0 radical (unpaired) electrons. The van der Waals surface area contributed by atoms with Gasteiger partial charge in [0.1, 0.15) is 0 Å². The summed E-state index contributed by atoms with van der Waals surface area (Å²) in [5.74, 6) is 0.832. The van der Waals surface area contributed by atoms with Crippen LogP contribution in [-0.4, -0.2) is 9.78 Å². The summed E-state index contributed by atoms with van der Waals surface area (Å²) < 4.78 is 1.96. The van der Waals surface area contributed by atoms with Crippen LogP contribution in [0.1, 0.15) is 62.9 Å². The molecule has 1 heterocycles. The molecule has 96 valence electrons. The van der Waals surface area contributed by atoms with Gasteiger partial charge in [0.05, 0.1) is 11.4 Å². The molecule has 2 N–H and O–H groups in total. The van der Waals surface area contributed by atoms with Crippen LogP contribution in [0.4, 0.5) is 0 Å². The number of nitrogens with two attached hydrogens (primary N) is 1. The Labute approximate surface area is 104 Å². The van der Waals surface area contributed by atoms with Crippen molar-refractivity contribution in [2.75, 3.05) is 0 Å². The lowest BCUT2D eigenvalue weighted by molar-refractivity contribution is 0.315. The Morgan fingerprint density at radius 1 is 1.41 bits per heavy atom. The molecular weight excluding hydrogens is 210 g/mol. The Bertz CT molecular complexity index is 350. The third-order valence-corrected chi connectivity index (χ3v) is 4.02. The average molecular weight is 235 g/mol. The van der Waals surface area contributed by atoms with Crippen molar-refractivity contribution in [3.8, 4) is 0 Å². The molecule has 1 aromatic rings. The van der Waals surface area contributed by atoms with E-state index in [1.54, 1.807) is 0 Å². The summed E-state index contributed by atoms with van der Waals surface area (Å²) in [5, 5.41) is 4.48. The van der Waals surface area contributed by atoms with E-state index in [1.807, 2.05) is 11.7 Å². The third kappa shape index (κ3) is 3.09. The van der Waals surface area contributed by atoms with E-state index in [0.717, 1.165) is 24.5 Å². The molecule has 1 fully saturated rings. The van der Waals surface area contributed by atoms with E-state index in [-0.39, 0.29) is 6.04 Å². The van der Waals surface area contributed by atoms with Gasteiger partial charge in [0.25, 0.3) is 0 Å². The Hall–Kier alpha value is -0.830. The molecule has 2 rings (SSSR count). The Balaban J connectivity index is 1.97. The summed E-state index contributed by atoms with van der Waals surface area (Å²) in [6, 6.07) is 2.34. The van der Waals surface area contributed by atoms with Crippen molar-refractivity contribution >= 4 is 0 Å². The SMILES string of the molecule is CCc1cc(C(N)CC2CCCCC2)n(C)n1. The molecule has 0 amide bonds. The van der Waals surface area contributed by atoms with E-state index < -0.39 is 0 Å². The average Bonchev–Trinajstić information content (AvgIpc) is 2.72. The molecule has 0 aromatic carbocycles. The van der Waals surface area contributed by atoms with Gasteiger partial charge < -0.3 is 5.73 Å². The molecule has 0 aliphatic heterocycles. The van der Waals surface area contributed by atoms with Crippen molar-refractivity contribution in [2.24, 2.45) is 18.7 Å². The summed E-state index contributed by atoms with van der Waals surface area (Å²) in [4.78, 5) is 0. The zero-order chi connectivity index (χ0) is 12.3. The second kappa shape index (κ2) is 5.67. The van der Waals surface area contributed by atoms with Crippen LogP contribution in [-0.2, 0) is 13.5 Å². The van der Waals surface area contributed by atoms with Crippen LogP contribution in [0.15, 0.2) is 6.07 Å². The third-order valence-electron chi connectivity index (χ3n) is 4.02. The molecule has 1 unspecified atom stereocenters. The van der Waals surface area contributed by atoms with Crippen molar-refractivity contribution in [2.45, 2.75) is 57.9 Å². The van der Waals surface area contributed by atoms with Crippen LogP contribution in [0.5, 0.6) is 0 Å². The van der Waals surface area contributed by atoms with Crippen LogP contribution in [0, 0.1) is 5.92 Å². The minimum Gasteiger partial charge on any atom is -0.323 e. The zero-order valence-corrected chi connectivity index (χ0v) is 11.2. The zero-order valence-electron chi connectivity index (χ0n) is 11.2. The number of hydrogen-bond acceptors (Lipinski definition) is 2. The molecule has 1 atom stereocenters. The molecule has 1 aliphatic rings. The van der Waals surface area contributed by atoms with Gasteiger partial charge in [0.15, 0.2) is 0 Å². The van der Waals surface area contributed by atoms with Crippen LogP contribution in [0.3, 0.4) is 0 Å². The standard InChI is InChI=1S/C14H25N3/c1-3-12-10-14(17(2)16-12)13(15)9-11-7-5-4-6-8-11/h10-11,13H,3-9,15H2,1-2H3. The van der Waals surface area contributed by atoms with E-state index in [9.17, 15) is 0 Å². The number of aromatic nitrogens is 2. The molecule has 3 heteroatoms.